The fraction of sp³-hybridized carbons (Fsp3) is 0.211. The zero-order valence-corrected chi connectivity index (χ0v) is 17.4. The molecule has 2 aromatic carbocycles. The summed E-state index contributed by atoms with van der Waals surface area (Å²) < 4.78 is 47.1. The zero-order valence-electron chi connectivity index (χ0n) is 15.6. The van der Waals surface area contributed by atoms with Gasteiger partial charge >= 0.3 is 15.2 Å². The van der Waals surface area contributed by atoms with Gasteiger partial charge in [-0.2, -0.15) is 0 Å². The van der Waals surface area contributed by atoms with Crippen LogP contribution < -0.4 is 0 Å². The molecule has 0 aromatic heterocycles. The highest BCUT2D eigenvalue weighted by molar-refractivity contribution is 7.66. The molecule has 0 fully saturated rings. The summed E-state index contributed by atoms with van der Waals surface area (Å²) in [6, 6.07) is 17.7. The van der Waals surface area contributed by atoms with Gasteiger partial charge in [-0.3, -0.25) is 9.13 Å². The van der Waals surface area contributed by atoms with Crippen LogP contribution in [0.1, 0.15) is 11.1 Å². The fourth-order valence-corrected chi connectivity index (χ4v) is 4.96. The molecule has 0 spiro atoms. The standard InChI is InChI=1S/C19H22O6P2/c1-22-26(20,23-2)18(16-11-7-5-8-12-16)15-19(27(21,24-3)25-4)17-13-9-6-10-14-17/h5-14H,1-4H3. The second-order valence-electron chi connectivity index (χ2n) is 5.28. The molecule has 0 amide bonds. The molecule has 0 aliphatic heterocycles. The van der Waals surface area contributed by atoms with E-state index < -0.39 is 15.2 Å². The molecule has 0 saturated heterocycles. The molecule has 0 saturated carbocycles. The van der Waals surface area contributed by atoms with Gasteiger partial charge in [0.25, 0.3) is 0 Å². The Morgan fingerprint density at radius 1 is 0.630 bits per heavy atom. The highest BCUT2D eigenvalue weighted by atomic mass is 31.2. The van der Waals surface area contributed by atoms with Crippen molar-refractivity contribution in [2.24, 2.45) is 0 Å². The van der Waals surface area contributed by atoms with Gasteiger partial charge in [-0.25, -0.2) is 0 Å². The Morgan fingerprint density at radius 3 is 1.19 bits per heavy atom. The van der Waals surface area contributed by atoms with Crippen molar-refractivity contribution < 1.29 is 27.2 Å². The van der Waals surface area contributed by atoms with Gasteiger partial charge in [0.15, 0.2) is 0 Å². The summed E-state index contributed by atoms with van der Waals surface area (Å²) in [5.74, 6) is 0. The Kier molecular flexibility index (Phi) is 7.55. The van der Waals surface area contributed by atoms with E-state index in [1.807, 2.05) is 12.1 Å². The molecule has 0 N–H and O–H groups in total. The molecular weight excluding hydrogens is 386 g/mol. The summed E-state index contributed by atoms with van der Waals surface area (Å²) >= 11 is 0. The van der Waals surface area contributed by atoms with Crippen molar-refractivity contribution in [2.45, 2.75) is 0 Å². The van der Waals surface area contributed by atoms with E-state index in [1.165, 1.54) is 28.4 Å². The first-order chi connectivity index (χ1) is 12.9. The molecule has 0 bridgehead atoms. The predicted octanol–water partition coefficient (Wildman–Crippen LogP) is 5.64. The van der Waals surface area contributed by atoms with Crippen LogP contribution in [0.2, 0.25) is 0 Å². The molecule has 2 rings (SSSR count). The fourth-order valence-electron chi connectivity index (χ4n) is 2.42. The quantitative estimate of drug-likeness (QED) is 0.416. The maximum atomic E-state index is 13.2. The van der Waals surface area contributed by atoms with Gasteiger partial charge in [-0.15, -0.1) is 0 Å². The van der Waals surface area contributed by atoms with Gasteiger partial charge in [0.05, 0.1) is 0 Å². The Labute approximate surface area is 159 Å². The van der Waals surface area contributed by atoms with E-state index in [0.717, 1.165) is 0 Å². The first-order valence-electron chi connectivity index (χ1n) is 8.00. The van der Waals surface area contributed by atoms with Crippen molar-refractivity contribution >= 4 is 25.8 Å². The van der Waals surface area contributed by atoms with Crippen LogP contribution in [0.4, 0.5) is 0 Å². The van der Waals surface area contributed by atoms with Gasteiger partial charge in [0.1, 0.15) is 10.6 Å². The molecule has 27 heavy (non-hydrogen) atoms. The molecule has 0 aliphatic rings. The number of rotatable bonds is 8. The molecule has 0 aliphatic carbocycles. The third-order valence-electron chi connectivity index (χ3n) is 3.84. The van der Waals surface area contributed by atoms with Crippen molar-refractivity contribution in [1.82, 2.24) is 0 Å². The summed E-state index contributed by atoms with van der Waals surface area (Å²) in [4.78, 5) is 0. The topological polar surface area (TPSA) is 71.1 Å². The van der Waals surface area contributed by atoms with Crippen molar-refractivity contribution in [3.8, 4) is 0 Å². The molecule has 2 aromatic rings. The third kappa shape index (κ3) is 4.76. The van der Waals surface area contributed by atoms with E-state index in [9.17, 15) is 9.13 Å². The second kappa shape index (κ2) is 9.45. The Balaban J connectivity index is 2.97. The molecule has 0 unspecified atom stereocenters. The Morgan fingerprint density at radius 2 is 0.926 bits per heavy atom. The monoisotopic (exact) mass is 408 g/mol. The molecule has 8 heteroatoms. The van der Waals surface area contributed by atoms with Gasteiger partial charge in [0.2, 0.25) is 0 Å². The van der Waals surface area contributed by atoms with E-state index in [0.29, 0.717) is 11.1 Å². The van der Waals surface area contributed by atoms with E-state index in [1.54, 1.807) is 48.5 Å². The van der Waals surface area contributed by atoms with E-state index in [-0.39, 0.29) is 10.6 Å². The normalized spacial score (nSPS) is 11.7. The lowest BCUT2D eigenvalue weighted by Gasteiger charge is -2.19. The Hall–Kier alpha value is -1.74. The Bertz CT molecular complexity index is 828. The molecule has 0 atom stereocenters. The average Bonchev–Trinajstić information content (AvgIpc) is 2.74. The van der Waals surface area contributed by atoms with Crippen LogP contribution in [0, 0.1) is 0 Å². The summed E-state index contributed by atoms with van der Waals surface area (Å²) in [5, 5.41) is 0.252. The van der Waals surface area contributed by atoms with Crippen molar-refractivity contribution in [3.63, 3.8) is 0 Å². The maximum absolute atomic E-state index is 13.2. The average molecular weight is 408 g/mol. The zero-order chi connectivity index (χ0) is 19.9. The van der Waals surface area contributed by atoms with Crippen molar-refractivity contribution in [3.05, 3.63) is 77.5 Å². The van der Waals surface area contributed by atoms with Crippen LogP contribution in [0.15, 0.2) is 66.4 Å². The minimum absolute atomic E-state index is 0.126. The smallest absolute Gasteiger partial charge is 0.308 e. The third-order valence-corrected chi connectivity index (χ3v) is 7.60. The second-order valence-corrected chi connectivity index (χ2v) is 9.62. The molecule has 0 heterocycles. The first-order valence-corrected chi connectivity index (χ1v) is 11.1. The van der Waals surface area contributed by atoms with E-state index in [4.69, 9.17) is 18.1 Å². The summed E-state index contributed by atoms with van der Waals surface area (Å²) in [6.45, 7) is 0. The lowest BCUT2D eigenvalue weighted by molar-refractivity contribution is 0.288. The van der Waals surface area contributed by atoms with E-state index in [2.05, 4.69) is 5.73 Å². The molecular formula is C19H22O6P2. The lowest BCUT2D eigenvalue weighted by Crippen LogP contribution is -1.96. The van der Waals surface area contributed by atoms with Crippen molar-refractivity contribution in [2.75, 3.05) is 28.4 Å². The summed E-state index contributed by atoms with van der Waals surface area (Å²) in [7, 11) is -2.33. The van der Waals surface area contributed by atoms with Crippen LogP contribution >= 0.6 is 15.2 Å². The van der Waals surface area contributed by atoms with Crippen LogP contribution in [-0.4, -0.2) is 28.4 Å². The van der Waals surface area contributed by atoms with Gasteiger partial charge in [-0.1, -0.05) is 66.4 Å². The number of hydrogen-bond acceptors (Lipinski definition) is 6. The predicted molar refractivity (Wildman–Crippen MR) is 106 cm³/mol. The minimum atomic E-state index is -3.73. The number of benzene rings is 2. The minimum Gasteiger partial charge on any atom is -0.308 e. The van der Waals surface area contributed by atoms with Crippen LogP contribution in [0.5, 0.6) is 0 Å². The maximum Gasteiger partial charge on any atom is 0.369 e. The molecule has 0 radical (unpaired) electrons. The summed E-state index contributed by atoms with van der Waals surface area (Å²) in [6.07, 6.45) is 0. The van der Waals surface area contributed by atoms with E-state index >= 15 is 0 Å². The van der Waals surface area contributed by atoms with Crippen LogP contribution in [-0.2, 0) is 27.2 Å². The first kappa shape index (κ1) is 21.6. The SMILES string of the molecule is COP(=O)(OC)C(=C=C(c1ccccc1)P(=O)(OC)OC)c1ccccc1. The molecule has 6 nitrogen and oxygen atoms in total. The highest BCUT2D eigenvalue weighted by Gasteiger charge is 2.33. The number of hydrogen-bond donors (Lipinski definition) is 0. The lowest BCUT2D eigenvalue weighted by atomic mass is 10.2. The van der Waals surface area contributed by atoms with Gasteiger partial charge < -0.3 is 18.1 Å². The van der Waals surface area contributed by atoms with Crippen molar-refractivity contribution in [1.29, 1.82) is 0 Å². The summed E-state index contributed by atoms with van der Waals surface area (Å²) in [5.41, 5.74) is 4.08. The van der Waals surface area contributed by atoms with Gasteiger partial charge in [-0.05, 0) is 11.1 Å². The highest BCUT2D eigenvalue weighted by Crippen LogP contribution is 2.63. The van der Waals surface area contributed by atoms with Gasteiger partial charge in [0, 0.05) is 28.4 Å². The van der Waals surface area contributed by atoms with Crippen LogP contribution in [0.3, 0.4) is 0 Å². The largest absolute Gasteiger partial charge is 0.369 e. The molecule has 144 valence electrons. The van der Waals surface area contributed by atoms with Crippen LogP contribution in [0.25, 0.3) is 10.6 Å².